The van der Waals surface area contributed by atoms with Crippen LogP contribution in [0.25, 0.3) is 0 Å². The van der Waals surface area contributed by atoms with E-state index in [0.29, 0.717) is 5.04 Å². The summed E-state index contributed by atoms with van der Waals surface area (Å²) in [7, 11) is 0. The monoisotopic (exact) mass is 289 g/mol. The van der Waals surface area contributed by atoms with Gasteiger partial charge in [0.2, 0.25) is 0 Å². The molecule has 0 saturated heterocycles. The Morgan fingerprint density at radius 3 is 1.84 bits per heavy atom. The number of hydrogen-bond donors (Lipinski definition) is 0. The molecule has 0 unspecified atom stereocenters. The number of carbonyl (C=O) groups is 2. The number of thioether (sulfide) groups is 1. The van der Waals surface area contributed by atoms with Crippen molar-refractivity contribution in [3.63, 3.8) is 0 Å². The zero-order valence-corrected chi connectivity index (χ0v) is 13.5. The molecule has 0 aliphatic carbocycles. The van der Waals surface area contributed by atoms with E-state index < -0.39 is 23.3 Å². The van der Waals surface area contributed by atoms with Crippen molar-refractivity contribution in [2.75, 3.05) is 6.26 Å². The highest BCUT2D eigenvalue weighted by molar-refractivity contribution is 8.13. The molecule has 0 aliphatic rings. The molecule has 6 heteroatoms. The van der Waals surface area contributed by atoms with E-state index in [-0.39, 0.29) is 6.42 Å². The lowest BCUT2D eigenvalue weighted by Crippen LogP contribution is -2.25. The normalized spacial score (nSPS) is 13.1. The molecular formula is C13H23NO4S. The minimum absolute atomic E-state index is 0.0301. The molecule has 0 aromatic heterocycles. The summed E-state index contributed by atoms with van der Waals surface area (Å²) in [6.45, 7) is 10.6. The van der Waals surface area contributed by atoms with Gasteiger partial charge in [0, 0.05) is 0 Å². The fourth-order valence-corrected chi connectivity index (χ4v) is 1.47. The zero-order valence-electron chi connectivity index (χ0n) is 12.7. The third-order valence-corrected chi connectivity index (χ3v) is 2.27. The number of rotatable bonds is 2. The van der Waals surface area contributed by atoms with Crippen LogP contribution in [0.5, 0.6) is 0 Å². The Labute approximate surface area is 119 Å². The summed E-state index contributed by atoms with van der Waals surface area (Å²) in [4.78, 5) is 26.9. The fourth-order valence-electron chi connectivity index (χ4n) is 1.04. The van der Waals surface area contributed by atoms with Crippen molar-refractivity contribution >= 4 is 28.9 Å². The van der Waals surface area contributed by atoms with Gasteiger partial charge in [0.1, 0.15) is 11.2 Å². The minimum Gasteiger partial charge on any atom is -0.460 e. The van der Waals surface area contributed by atoms with Crippen LogP contribution < -0.4 is 0 Å². The van der Waals surface area contributed by atoms with Crippen molar-refractivity contribution in [3.8, 4) is 0 Å². The van der Waals surface area contributed by atoms with Gasteiger partial charge in [-0.1, -0.05) is 0 Å². The topological polar surface area (TPSA) is 65.0 Å². The summed E-state index contributed by atoms with van der Waals surface area (Å²) in [6.07, 6.45) is 1.02. The lowest BCUT2D eigenvalue weighted by molar-refractivity contribution is -0.153. The molecule has 0 spiro atoms. The number of amides is 1. The predicted molar refractivity (Wildman–Crippen MR) is 77.6 cm³/mol. The summed E-state index contributed by atoms with van der Waals surface area (Å²) in [5, 5.41) is 0.378. The average molecular weight is 289 g/mol. The molecule has 110 valence electrons. The fraction of sp³-hybridized carbons (Fsp3) is 0.769. The van der Waals surface area contributed by atoms with Crippen LogP contribution in [0.2, 0.25) is 0 Å². The van der Waals surface area contributed by atoms with Crippen molar-refractivity contribution in [1.82, 2.24) is 0 Å². The van der Waals surface area contributed by atoms with Gasteiger partial charge < -0.3 is 9.47 Å². The van der Waals surface area contributed by atoms with Crippen molar-refractivity contribution in [1.29, 1.82) is 0 Å². The lowest BCUT2D eigenvalue weighted by atomic mass is 10.2. The Kier molecular flexibility index (Phi) is 6.55. The second kappa shape index (κ2) is 6.93. The third-order valence-electron chi connectivity index (χ3n) is 1.56. The standard InChI is InChI=1S/C13H23NO4S/c1-12(2,3)17-10(15)8-9(19-7)14-11(16)18-13(4,5)6/h8H2,1-7H3. The Morgan fingerprint density at radius 2 is 1.47 bits per heavy atom. The first kappa shape index (κ1) is 18.0. The molecule has 0 heterocycles. The molecule has 5 nitrogen and oxygen atoms in total. The zero-order chi connectivity index (χ0) is 15.3. The van der Waals surface area contributed by atoms with E-state index in [9.17, 15) is 9.59 Å². The first-order chi connectivity index (χ1) is 8.43. The Balaban J connectivity index is 4.58. The number of esters is 1. The van der Waals surface area contributed by atoms with Gasteiger partial charge in [0.25, 0.3) is 0 Å². The van der Waals surface area contributed by atoms with Gasteiger partial charge in [-0.15, -0.1) is 11.8 Å². The average Bonchev–Trinajstić information content (AvgIpc) is 2.10. The highest BCUT2D eigenvalue weighted by Gasteiger charge is 2.20. The van der Waals surface area contributed by atoms with Crippen LogP contribution in [0.4, 0.5) is 4.79 Å². The Morgan fingerprint density at radius 1 is 1.00 bits per heavy atom. The Hall–Kier alpha value is -1.04. The highest BCUT2D eigenvalue weighted by Crippen LogP contribution is 2.13. The molecule has 0 radical (unpaired) electrons. The molecule has 1 amide bonds. The van der Waals surface area contributed by atoms with Crippen LogP contribution in [0.3, 0.4) is 0 Å². The van der Waals surface area contributed by atoms with E-state index in [1.54, 1.807) is 47.8 Å². The summed E-state index contributed by atoms with van der Waals surface area (Å²) < 4.78 is 10.2. The molecule has 0 bridgehead atoms. The number of aliphatic imine (C=N–C) groups is 1. The SMILES string of the molecule is CSC(CC(=O)OC(C)(C)C)=NC(=O)OC(C)(C)C. The quantitative estimate of drug-likeness (QED) is 0.443. The van der Waals surface area contributed by atoms with Gasteiger partial charge in [-0.3, -0.25) is 4.79 Å². The van der Waals surface area contributed by atoms with Gasteiger partial charge in [0.05, 0.1) is 11.5 Å². The smallest absolute Gasteiger partial charge is 0.434 e. The molecule has 0 aliphatic heterocycles. The molecular weight excluding hydrogens is 266 g/mol. The third kappa shape index (κ3) is 10.6. The first-order valence-corrected chi connectivity index (χ1v) is 7.22. The molecule has 0 rings (SSSR count). The second-order valence-electron chi connectivity index (χ2n) is 5.95. The van der Waals surface area contributed by atoms with E-state index in [1.165, 1.54) is 11.8 Å². The number of carbonyl (C=O) groups excluding carboxylic acids is 2. The van der Waals surface area contributed by atoms with Gasteiger partial charge in [-0.2, -0.15) is 4.99 Å². The van der Waals surface area contributed by atoms with Crippen molar-refractivity contribution in [2.45, 2.75) is 59.2 Å². The van der Waals surface area contributed by atoms with Crippen molar-refractivity contribution < 1.29 is 19.1 Å². The summed E-state index contributed by atoms with van der Waals surface area (Å²) in [6, 6.07) is 0. The maximum atomic E-state index is 11.6. The van der Waals surface area contributed by atoms with E-state index in [4.69, 9.17) is 9.47 Å². The van der Waals surface area contributed by atoms with Gasteiger partial charge in [-0.05, 0) is 47.8 Å². The molecule has 0 aromatic carbocycles. The maximum absolute atomic E-state index is 11.6. The molecule has 0 atom stereocenters. The van der Waals surface area contributed by atoms with E-state index in [2.05, 4.69) is 4.99 Å². The summed E-state index contributed by atoms with van der Waals surface area (Å²) >= 11 is 1.23. The van der Waals surface area contributed by atoms with E-state index in [1.807, 2.05) is 0 Å². The minimum atomic E-state index is -0.694. The van der Waals surface area contributed by atoms with Crippen LogP contribution in [0.15, 0.2) is 4.99 Å². The number of hydrogen-bond acceptors (Lipinski definition) is 5. The van der Waals surface area contributed by atoms with Gasteiger partial charge >= 0.3 is 12.1 Å². The van der Waals surface area contributed by atoms with Crippen LogP contribution >= 0.6 is 11.8 Å². The van der Waals surface area contributed by atoms with Gasteiger partial charge in [-0.25, -0.2) is 4.79 Å². The predicted octanol–water partition coefficient (Wildman–Crippen LogP) is 3.41. The largest absolute Gasteiger partial charge is 0.460 e. The van der Waals surface area contributed by atoms with E-state index >= 15 is 0 Å². The van der Waals surface area contributed by atoms with Crippen LogP contribution in [0.1, 0.15) is 48.0 Å². The maximum Gasteiger partial charge on any atom is 0.434 e. The summed E-state index contributed by atoms with van der Waals surface area (Å²) in [5.74, 6) is -0.413. The number of nitrogens with zero attached hydrogens (tertiary/aromatic N) is 1. The number of ether oxygens (including phenoxy) is 2. The lowest BCUT2D eigenvalue weighted by Gasteiger charge is -2.20. The van der Waals surface area contributed by atoms with Crippen LogP contribution in [0, 0.1) is 0 Å². The molecule has 0 N–H and O–H groups in total. The molecule has 0 aromatic rings. The molecule has 19 heavy (non-hydrogen) atoms. The van der Waals surface area contributed by atoms with E-state index in [0.717, 1.165) is 0 Å². The van der Waals surface area contributed by atoms with Crippen molar-refractivity contribution in [3.05, 3.63) is 0 Å². The molecule has 0 fully saturated rings. The van der Waals surface area contributed by atoms with Crippen LogP contribution in [-0.4, -0.2) is 34.6 Å². The van der Waals surface area contributed by atoms with Crippen molar-refractivity contribution in [2.24, 2.45) is 4.99 Å². The van der Waals surface area contributed by atoms with Crippen LogP contribution in [-0.2, 0) is 14.3 Å². The first-order valence-electron chi connectivity index (χ1n) is 5.99. The highest BCUT2D eigenvalue weighted by atomic mass is 32.2. The molecule has 0 saturated carbocycles. The van der Waals surface area contributed by atoms with Gasteiger partial charge in [0.15, 0.2) is 0 Å². The summed E-state index contributed by atoms with van der Waals surface area (Å²) in [5.41, 5.74) is -1.15. The second-order valence-corrected chi connectivity index (χ2v) is 6.83. The Bertz CT molecular complexity index is 364.